The van der Waals surface area contributed by atoms with Crippen LogP contribution in [-0.2, 0) is 14.9 Å². The minimum atomic E-state index is -3.80. The van der Waals surface area contributed by atoms with Crippen molar-refractivity contribution >= 4 is 32.2 Å². The van der Waals surface area contributed by atoms with Gasteiger partial charge in [-0.05, 0) is 19.9 Å². The number of halogens is 1. The van der Waals surface area contributed by atoms with Gasteiger partial charge in [0.25, 0.3) is 0 Å². The van der Waals surface area contributed by atoms with E-state index in [0.717, 1.165) is 24.8 Å². The highest BCUT2D eigenvalue weighted by molar-refractivity contribution is 9.09. The van der Waals surface area contributed by atoms with Crippen molar-refractivity contribution in [1.82, 2.24) is 13.9 Å². The number of hydrogen-bond acceptors (Lipinski definition) is 5. The summed E-state index contributed by atoms with van der Waals surface area (Å²) in [5.74, 6) is 0. The Morgan fingerprint density at radius 2 is 2.05 bits per heavy atom. The third-order valence-corrected chi connectivity index (χ3v) is 4.60. The van der Waals surface area contributed by atoms with Gasteiger partial charge in [-0.25, -0.2) is 9.52 Å². The van der Waals surface area contributed by atoms with Gasteiger partial charge in [0.05, 0.1) is 6.61 Å². The maximum Gasteiger partial charge on any atom is 0.421 e. The monoisotopic (exact) mass is 357 g/mol. The van der Waals surface area contributed by atoms with E-state index >= 15 is 0 Å². The van der Waals surface area contributed by atoms with Crippen LogP contribution in [0, 0.1) is 0 Å². The molecule has 7 nitrogen and oxygen atoms in total. The van der Waals surface area contributed by atoms with Crippen LogP contribution < -0.4 is 4.72 Å². The van der Waals surface area contributed by atoms with Gasteiger partial charge in [-0.3, -0.25) is 0 Å². The Morgan fingerprint density at radius 3 is 2.68 bits per heavy atom. The van der Waals surface area contributed by atoms with E-state index in [9.17, 15) is 13.2 Å². The van der Waals surface area contributed by atoms with Gasteiger partial charge in [0.15, 0.2) is 0 Å². The second kappa shape index (κ2) is 8.03. The quantitative estimate of drug-likeness (QED) is 0.719. The second-order valence-electron chi connectivity index (χ2n) is 4.11. The van der Waals surface area contributed by atoms with Crippen molar-refractivity contribution in [1.29, 1.82) is 0 Å². The van der Waals surface area contributed by atoms with Crippen molar-refractivity contribution in [2.24, 2.45) is 0 Å². The summed E-state index contributed by atoms with van der Waals surface area (Å²) in [7, 11) is -3.80. The van der Waals surface area contributed by atoms with Gasteiger partial charge in [0.1, 0.15) is 0 Å². The van der Waals surface area contributed by atoms with Crippen LogP contribution in [0.1, 0.15) is 13.3 Å². The van der Waals surface area contributed by atoms with Crippen molar-refractivity contribution < 1.29 is 17.9 Å². The number of ether oxygens (including phenoxy) is 1. The predicted molar refractivity (Wildman–Crippen MR) is 75.5 cm³/mol. The molecule has 0 aromatic heterocycles. The Labute approximate surface area is 122 Å². The summed E-state index contributed by atoms with van der Waals surface area (Å²) in [6, 6.07) is 0. The van der Waals surface area contributed by atoms with Gasteiger partial charge in [-0.15, -0.1) is 0 Å². The van der Waals surface area contributed by atoms with E-state index in [4.69, 9.17) is 0 Å². The van der Waals surface area contributed by atoms with Gasteiger partial charge in [0, 0.05) is 31.5 Å². The Morgan fingerprint density at radius 1 is 1.32 bits per heavy atom. The topological polar surface area (TPSA) is 78.9 Å². The molecule has 1 aliphatic rings. The summed E-state index contributed by atoms with van der Waals surface area (Å²) in [5, 5.41) is 0.862. The lowest BCUT2D eigenvalue weighted by Gasteiger charge is -2.21. The molecule has 1 amide bonds. The largest absolute Gasteiger partial charge is 0.449 e. The first-order chi connectivity index (χ1) is 8.99. The van der Waals surface area contributed by atoms with Gasteiger partial charge >= 0.3 is 16.3 Å². The van der Waals surface area contributed by atoms with Crippen LogP contribution >= 0.6 is 15.9 Å². The van der Waals surface area contributed by atoms with E-state index in [1.54, 1.807) is 6.92 Å². The Bertz CT molecular complexity index is 390. The fourth-order valence-electron chi connectivity index (χ4n) is 1.86. The highest BCUT2D eigenvalue weighted by Gasteiger charge is 2.26. The van der Waals surface area contributed by atoms with Crippen molar-refractivity contribution in [2.45, 2.75) is 13.3 Å². The second-order valence-corrected chi connectivity index (χ2v) is 6.57. The lowest BCUT2D eigenvalue weighted by atomic mass is 10.4. The van der Waals surface area contributed by atoms with Crippen LogP contribution in [0.2, 0.25) is 0 Å². The molecule has 1 saturated heterocycles. The van der Waals surface area contributed by atoms with Gasteiger partial charge in [-0.1, -0.05) is 15.9 Å². The van der Waals surface area contributed by atoms with Crippen molar-refractivity contribution in [2.75, 3.05) is 44.7 Å². The van der Waals surface area contributed by atoms with E-state index in [2.05, 4.69) is 25.6 Å². The van der Waals surface area contributed by atoms with E-state index in [1.165, 1.54) is 4.31 Å². The molecule has 112 valence electrons. The molecule has 1 aliphatic heterocycles. The molecule has 0 radical (unpaired) electrons. The zero-order valence-electron chi connectivity index (χ0n) is 11.0. The number of rotatable bonds is 5. The Balaban J connectivity index is 2.56. The molecule has 0 aromatic carbocycles. The molecule has 0 spiro atoms. The number of carbonyl (C=O) groups excluding carboxylic acids is 1. The molecule has 1 heterocycles. The summed E-state index contributed by atoms with van der Waals surface area (Å²) in [6.07, 6.45) is -0.180. The van der Waals surface area contributed by atoms with Gasteiger partial charge in [0.2, 0.25) is 0 Å². The summed E-state index contributed by atoms with van der Waals surface area (Å²) in [6.45, 7) is 4.96. The summed E-state index contributed by atoms with van der Waals surface area (Å²) in [4.78, 5) is 13.4. The first-order valence-corrected chi connectivity index (χ1v) is 8.78. The van der Waals surface area contributed by atoms with Crippen LogP contribution in [0.25, 0.3) is 0 Å². The standard InChI is InChI=1S/C10H20BrN3O4S/c1-2-18-10(15)12-19(16,17)14-6-3-5-13(7-4-11)8-9-14/h2-9H2,1H3,(H,12,15). The molecule has 0 unspecified atom stereocenters. The van der Waals surface area contributed by atoms with Crippen LogP contribution in [0.4, 0.5) is 4.79 Å². The fourth-order valence-corrected chi connectivity index (χ4v) is 3.45. The number of amides is 1. The zero-order chi connectivity index (χ0) is 14.3. The summed E-state index contributed by atoms with van der Waals surface area (Å²) in [5.41, 5.74) is 0. The van der Waals surface area contributed by atoms with Gasteiger partial charge in [-0.2, -0.15) is 12.7 Å². The first kappa shape index (κ1) is 16.7. The number of carbonyl (C=O) groups is 1. The average Bonchev–Trinajstić information content (AvgIpc) is 2.55. The Kier molecular flexibility index (Phi) is 7.05. The molecule has 19 heavy (non-hydrogen) atoms. The van der Waals surface area contributed by atoms with Crippen molar-refractivity contribution in [3.05, 3.63) is 0 Å². The average molecular weight is 358 g/mol. The van der Waals surface area contributed by atoms with Crippen LogP contribution in [0.3, 0.4) is 0 Å². The third-order valence-electron chi connectivity index (χ3n) is 2.78. The number of hydrogen-bond donors (Lipinski definition) is 1. The SMILES string of the molecule is CCOC(=O)NS(=O)(=O)N1CCCN(CCBr)CC1. The molecule has 0 aromatic rings. The Hall–Kier alpha value is -0.380. The maximum absolute atomic E-state index is 12.0. The smallest absolute Gasteiger partial charge is 0.421 e. The molecule has 1 fully saturated rings. The highest BCUT2D eigenvalue weighted by Crippen LogP contribution is 2.07. The van der Waals surface area contributed by atoms with Crippen molar-refractivity contribution in [3.63, 3.8) is 0 Å². The molecule has 0 atom stereocenters. The van der Waals surface area contributed by atoms with Crippen molar-refractivity contribution in [3.8, 4) is 0 Å². The minimum Gasteiger partial charge on any atom is -0.449 e. The molecule has 0 saturated carbocycles. The molecule has 0 bridgehead atoms. The number of alkyl halides is 1. The molecular formula is C10H20BrN3O4S. The summed E-state index contributed by atoms with van der Waals surface area (Å²) >= 11 is 3.37. The predicted octanol–water partition coefficient (Wildman–Crippen LogP) is 0.380. The zero-order valence-corrected chi connectivity index (χ0v) is 13.4. The molecule has 9 heteroatoms. The third kappa shape index (κ3) is 5.64. The van der Waals surface area contributed by atoms with E-state index in [-0.39, 0.29) is 6.61 Å². The normalized spacial score (nSPS) is 18.8. The minimum absolute atomic E-state index is 0.139. The lowest BCUT2D eigenvalue weighted by Crippen LogP contribution is -2.45. The number of nitrogens with zero attached hydrogens (tertiary/aromatic N) is 2. The van der Waals surface area contributed by atoms with E-state index < -0.39 is 16.3 Å². The van der Waals surface area contributed by atoms with E-state index in [0.29, 0.717) is 19.6 Å². The lowest BCUT2D eigenvalue weighted by molar-refractivity contribution is 0.158. The molecule has 0 aliphatic carbocycles. The number of nitrogens with one attached hydrogen (secondary N) is 1. The highest BCUT2D eigenvalue weighted by atomic mass is 79.9. The molecule has 1 rings (SSSR count). The van der Waals surface area contributed by atoms with E-state index in [1.807, 2.05) is 4.72 Å². The van der Waals surface area contributed by atoms with Gasteiger partial charge < -0.3 is 9.64 Å². The van der Waals surface area contributed by atoms with Crippen LogP contribution in [-0.4, -0.2) is 68.4 Å². The molecule has 1 N–H and O–H groups in total. The fraction of sp³-hybridized carbons (Fsp3) is 0.900. The first-order valence-electron chi connectivity index (χ1n) is 6.22. The van der Waals surface area contributed by atoms with Crippen LogP contribution in [0.15, 0.2) is 0 Å². The van der Waals surface area contributed by atoms with Crippen LogP contribution in [0.5, 0.6) is 0 Å². The maximum atomic E-state index is 12.0. The molecular weight excluding hydrogens is 338 g/mol. The summed E-state index contributed by atoms with van der Waals surface area (Å²) < 4.78 is 31.7.